The van der Waals surface area contributed by atoms with Crippen LogP contribution in [0.2, 0.25) is 0 Å². The van der Waals surface area contributed by atoms with Crippen LogP contribution in [0.4, 0.5) is 0 Å². The summed E-state index contributed by atoms with van der Waals surface area (Å²) in [5.74, 6) is 1.22. The van der Waals surface area contributed by atoms with E-state index in [-0.39, 0.29) is 18.4 Å². The lowest BCUT2D eigenvalue weighted by atomic mass is 9.94. The molecule has 2 amide bonds. The molecular weight excluding hydrogens is 320 g/mol. The van der Waals surface area contributed by atoms with Crippen LogP contribution in [0.5, 0.6) is 11.5 Å². The van der Waals surface area contributed by atoms with Crippen molar-refractivity contribution < 1.29 is 19.1 Å². The molecule has 1 aliphatic rings. The fourth-order valence-electron chi connectivity index (χ4n) is 2.76. The molecule has 0 spiro atoms. The van der Waals surface area contributed by atoms with E-state index in [1.165, 1.54) is 0 Å². The maximum absolute atomic E-state index is 12.4. The highest BCUT2D eigenvalue weighted by atomic mass is 16.5. The van der Waals surface area contributed by atoms with E-state index < -0.39 is 5.41 Å². The Morgan fingerprint density at radius 2 is 1.64 bits per heavy atom. The third kappa shape index (κ3) is 4.87. The van der Waals surface area contributed by atoms with Crippen LogP contribution in [0.3, 0.4) is 0 Å². The fraction of sp³-hybridized carbons (Fsp3) is 0.579. The second kappa shape index (κ2) is 7.76. The number of aryl methyl sites for hydroxylation is 1. The molecule has 25 heavy (non-hydrogen) atoms. The molecule has 0 atom stereocenters. The molecule has 1 aromatic rings. The Morgan fingerprint density at radius 1 is 1.04 bits per heavy atom. The summed E-state index contributed by atoms with van der Waals surface area (Å²) < 4.78 is 10.9. The molecule has 0 radical (unpaired) electrons. The average molecular weight is 348 g/mol. The zero-order valence-corrected chi connectivity index (χ0v) is 15.8. The van der Waals surface area contributed by atoms with Gasteiger partial charge in [0.25, 0.3) is 5.91 Å². The molecular formula is C19H28N2O4. The van der Waals surface area contributed by atoms with E-state index in [2.05, 4.69) is 0 Å². The van der Waals surface area contributed by atoms with E-state index in [1.54, 1.807) is 18.1 Å². The molecule has 0 aliphatic carbocycles. The van der Waals surface area contributed by atoms with Gasteiger partial charge in [0.2, 0.25) is 5.91 Å². The number of benzene rings is 1. The van der Waals surface area contributed by atoms with Crippen molar-refractivity contribution >= 4 is 11.8 Å². The summed E-state index contributed by atoms with van der Waals surface area (Å²) in [4.78, 5) is 28.2. The zero-order chi connectivity index (χ0) is 18.6. The lowest BCUT2D eigenvalue weighted by Gasteiger charge is -2.37. The third-order valence-corrected chi connectivity index (χ3v) is 4.23. The van der Waals surface area contributed by atoms with Crippen molar-refractivity contribution in [2.75, 3.05) is 39.9 Å². The van der Waals surface area contributed by atoms with Gasteiger partial charge in [0, 0.05) is 31.6 Å². The van der Waals surface area contributed by atoms with Gasteiger partial charge in [0.15, 0.2) is 18.1 Å². The van der Waals surface area contributed by atoms with E-state index in [1.807, 2.05) is 44.7 Å². The van der Waals surface area contributed by atoms with Gasteiger partial charge in [-0.1, -0.05) is 26.8 Å². The van der Waals surface area contributed by atoms with E-state index >= 15 is 0 Å². The fourth-order valence-corrected chi connectivity index (χ4v) is 2.76. The largest absolute Gasteiger partial charge is 0.493 e. The van der Waals surface area contributed by atoms with Gasteiger partial charge in [0.1, 0.15) is 0 Å². The lowest BCUT2D eigenvalue weighted by Crippen LogP contribution is -2.53. The van der Waals surface area contributed by atoms with Crippen LogP contribution in [0, 0.1) is 12.3 Å². The molecule has 0 bridgehead atoms. The number of carbonyl (C=O) groups excluding carboxylic acids is 2. The minimum Gasteiger partial charge on any atom is -0.493 e. The number of amides is 2. The van der Waals surface area contributed by atoms with Crippen LogP contribution in [0.25, 0.3) is 0 Å². The van der Waals surface area contributed by atoms with Crippen molar-refractivity contribution in [1.29, 1.82) is 0 Å². The number of nitrogens with zero attached hydrogens (tertiary/aromatic N) is 2. The Balaban J connectivity index is 1.86. The van der Waals surface area contributed by atoms with E-state index in [4.69, 9.17) is 9.47 Å². The molecule has 6 nitrogen and oxygen atoms in total. The molecule has 0 unspecified atom stereocenters. The standard InChI is InChI=1S/C19H28N2O4/c1-14-6-7-15(16(12-14)24-5)25-13-17(22)20-8-10-21(11-9-20)18(23)19(2,3)4/h6-7,12H,8-11,13H2,1-5H3. The predicted molar refractivity (Wildman–Crippen MR) is 95.8 cm³/mol. The van der Waals surface area contributed by atoms with Crippen molar-refractivity contribution in [2.24, 2.45) is 5.41 Å². The topological polar surface area (TPSA) is 59.1 Å². The van der Waals surface area contributed by atoms with Crippen LogP contribution in [0.15, 0.2) is 18.2 Å². The van der Waals surface area contributed by atoms with Crippen molar-refractivity contribution in [2.45, 2.75) is 27.7 Å². The molecule has 1 aromatic carbocycles. The van der Waals surface area contributed by atoms with Gasteiger partial charge in [-0.2, -0.15) is 0 Å². The summed E-state index contributed by atoms with van der Waals surface area (Å²) in [6.07, 6.45) is 0. The monoisotopic (exact) mass is 348 g/mol. The predicted octanol–water partition coefficient (Wildman–Crippen LogP) is 2.10. The molecule has 0 saturated carbocycles. The summed E-state index contributed by atoms with van der Waals surface area (Å²) in [6.45, 7) is 9.87. The Labute approximate surface area is 149 Å². The molecule has 0 aromatic heterocycles. The maximum atomic E-state index is 12.4. The average Bonchev–Trinajstić information content (AvgIpc) is 2.59. The normalized spacial score (nSPS) is 15.1. The Kier molecular flexibility index (Phi) is 5.93. The first-order valence-corrected chi connectivity index (χ1v) is 8.57. The summed E-state index contributed by atoms with van der Waals surface area (Å²) >= 11 is 0. The summed E-state index contributed by atoms with van der Waals surface area (Å²) in [6, 6.07) is 5.59. The number of hydrogen-bond acceptors (Lipinski definition) is 4. The molecule has 1 saturated heterocycles. The Hall–Kier alpha value is -2.24. The third-order valence-electron chi connectivity index (χ3n) is 4.23. The van der Waals surface area contributed by atoms with Crippen LogP contribution < -0.4 is 9.47 Å². The number of carbonyl (C=O) groups is 2. The quantitative estimate of drug-likeness (QED) is 0.836. The van der Waals surface area contributed by atoms with Gasteiger partial charge in [-0.15, -0.1) is 0 Å². The zero-order valence-electron chi connectivity index (χ0n) is 15.8. The number of rotatable bonds is 4. The molecule has 1 fully saturated rings. The Morgan fingerprint density at radius 3 is 2.20 bits per heavy atom. The van der Waals surface area contributed by atoms with Crippen molar-refractivity contribution in [3.8, 4) is 11.5 Å². The molecule has 1 heterocycles. The second-order valence-electron chi connectivity index (χ2n) is 7.37. The van der Waals surface area contributed by atoms with Gasteiger partial charge in [-0.05, 0) is 24.6 Å². The number of ether oxygens (including phenoxy) is 2. The number of piperazine rings is 1. The van der Waals surface area contributed by atoms with Crippen LogP contribution in [-0.2, 0) is 9.59 Å². The van der Waals surface area contributed by atoms with Crippen LogP contribution in [-0.4, -0.2) is 61.5 Å². The van der Waals surface area contributed by atoms with Gasteiger partial charge in [-0.25, -0.2) is 0 Å². The van der Waals surface area contributed by atoms with Crippen LogP contribution >= 0.6 is 0 Å². The first-order chi connectivity index (χ1) is 11.7. The van der Waals surface area contributed by atoms with Gasteiger partial charge < -0.3 is 19.3 Å². The number of methoxy groups -OCH3 is 1. The minimum atomic E-state index is -0.392. The first-order valence-electron chi connectivity index (χ1n) is 8.57. The van der Waals surface area contributed by atoms with E-state index in [0.29, 0.717) is 37.7 Å². The maximum Gasteiger partial charge on any atom is 0.260 e. The van der Waals surface area contributed by atoms with E-state index in [0.717, 1.165) is 5.56 Å². The molecule has 6 heteroatoms. The highest BCUT2D eigenvalue weighted by Crippen LogP contribution is 2.27. The SMILES string of the molecule is COc1cc(C)ccc1OCC(=O)N1CCN(C(=O)C(C)(C)C)CC1. The minimum absolute atomic E-state index is 0.0351. The Bertz CT molecular complexity index is 629. The summed E-state index contributed by atoms with van der Waals surface area (Å²) in [5.41, 5.74) is 0.673. The molecule has 2 rings (SSSR count). The van der Waals surface area contributed by atoms with Crippen molar-refractivity contribution in [3.63, 3.8) is 0 Å². The first kappa shape index (κ1) is 19.1. The lowest BCUT2D eigenvalue weighted by molar-refractivity contribution is -0.145. The smallest absolute Gasteiger partial charge is 0.260 e. The highest BCUT2D eigenvalue weighted by Gasteiger charge is 2.30. The van der Waals surface area contributed by atoms with Gasteiger partial charge in [-0.3, -0.25) is 9.59 Å². The summed E-state index contributed by atoms with van der Waals surface area (Å²) in [5, 5.41) is 0. The molecule has 138 valence electrons. The highest BCUT2D eigenvalue weighted by molar-refractivity contribution is 5.82. The molecule has 1 aliphatic heterocycles. The van der Waals surface area contributed by atoms with Gasteiger partial charge >= 0.3 is 0 Å². The van der Waals surface area contributed by atoms with Crippen molar-refractivity contribution in [1.82, 2.24) is 9.80 Å². The van der Waals surface area contributed by atoms with Crippen molar-refractivity contribution in [3.05, 3.63) is 23.8 Å². The van der Waals surface area contributed by atoms with Gasteiger partial charge in [0.05, 0.1) is 7.11 Å². The number of hydrogen-bond donors (Lipinski definition) is 0. The summed E-state index contributed by atoms with van der Waals surface area (Å²) in [7, 11) is 1.58. The van der Waals surface area contributed by atoms with E-state index in [9.17, 15) is 9.59 Å². The van der Waals surface area contributed by atoms with Crippen LogP contribution in [0.1, 0.15) is 26.3 Å². The molecule has 0 N–H and O–H groups in total. The second-order valence-corrected chi connectivity index (χ2v) is 7.37.